The summed E-state index contributed by atoms with van der Waals surface area (Å²) in [6.45, 7) is 0. The van der Waals surface area contributed by atoms with Crippen LogP contribution in [0.3, 0.4) is 0 Å². The fourth-order valence-corrected chi connectivity index (χ4v) is 3.60. The van der Waals surface area contributed by atoms with Crippen molar-refractivity contribution in [3.63, 3.8) is 0 Å². The topological polar surface area (TPSA) is 120 Å². The average Bonchev–Trinajstić information content (AvgIpc) is 2.54. The van der Waals surface area contributed by atoms with Gasteiger partial charge in [-0.1, -0.05) is 18.2 Å². The smallest absolute Gasteiger partial charge is 0.229 e. The Hall–Kier alpha value is -2.85. The standard InChI is InChI=1S/C17H15NO7S2/c1-26(20,21)16-10-24-14-9-13(18-27(2,22)23)15(8-12(14)17(16)19)25-11-6-4-3-5-7-11/h3-10,18H,1-2H3. The molecule has 0 spiro atoms. The lowest BCUT2D eigenvalue weighted by atomic mass is 10.2. The zero-order chi connectivity index (χ0) is 19.8. The minimum atomic E-state index is -3.79. The summed E-state index contributed by atoms with van der Waals surface area (Å²) in [6.07, 6.45) is 2.69. The van der Waals surface area contributed by atoms with E-state index in [1.807, 2.05) is 0 Å². The van der Waals surface area contributed by atoms with Crippen LogP contribution in [0.25, 0.3) is 11.0 Å². The molecule has 142 valence electrons. The number of sulfonamides is 1. The maximum Gasteiger partial charge on any atom is 0.229 e. The number of fused-ring (bicyclic) bond motifs is 1. The Morgan fingerprint density at radius 3 is 2.26 bits per heavy atom. The maximum atomic E-state index is 12.5. The Bertz CT molecular complexity index is 1280. The zero-order valence-corrected chi connectivity index (χ0v) is 15.9. The van der Waals surface area contributed by atoms with Gasteiger partial charge in [-0.05, 0) is 18.2 Å². The van der Waals surface area contributed by atoms with Crippen LogP contribution in [0.2, 0.25) is 0 Å². The Kier molecular flexibility index (Phi) is 4.70. The van der Waals surface area contributed by atoms with Gasteiger partial charge >= 0.3 is 0 Å². The van der Waals surface area contributed by atoms with E-state index in [1.165, 1.54) is 12.1 Å². The van der Waals surface area contributed by atoms with E-state index in [2.05, 4.69) is 4.72 Å². The summed E-state index contributed by atoms with van der Waals surface area (Å²) in [7, 11) is -7.44. The number of rotatable bonds is 5. The average molecular weight is 409 g/mol. The molecule has 2 aromatic carbocycles. The first-order valence-electron chi connectivity index (χ1n) is 7.55. The number of hydrogen-bond donors (Lipinski definition) is 1. The molecule has 0 amide bonds. The van der Waals surface area contributed by atoms with Crippen molar-refractivity contribution >= 4 is 36.5 Å². The molecule has 0 saturated heterocycles. The van der Waals surface area contributed by atoms with Crippen LogP contribution in [0.1, 0.15) is 0 Å². The van der Waals surface area contributed by atoms with Gasteiger partial charge in [-0.25, -0.2) is 16.8 Å². The Balaban J connectivity index is 2.26. The summed E-state index contributed by atoms with van der Waals surface area (Å²) >= 11 is 0. The lowest BCUT2D eigenvalue weighted by Gasteiger charge is -2.13. The molecule has 10 heteroatoms. The van der Waals surface area contributed by atoms with E-state index in [0.29, 0.717) is 5.75 Å². The predicted molar refractivity (Wildman–Crippen MR) is 101 cm³/mol. The van der Waals surface area contributed by atoms with Crippen molar-refractivity contribution in [3.05, 3.63) is 59.0 Å². The van der Waals surface area contributed by atoms with Crippen molar-refractivity contribution in [2.24, 2.45) is 0 Å². The highest BCUT2D eigenvalue weighted by molar-refractivity contribution is 7.92. The van der Waals surface area contributed by atoms with Crippen LogP contribution in [0.5, 0.6) is 11.5 Å². The summed E-state index contributed by atoms with van der Waals surface area (Å²) in [5, 5.41) is -0.0529. The number of nitrogens with one attached hydrogen (secondary N) is 1. The van der Waals surface area contributed by atoms with Crippen LogP contribution in [0, 0.1) is 0 Å². The lowest BCUT2D eigenvalue weighted by Crippen LogP contribution is -2.14. The molecule has 8 nitrogen and oxygen atoms in total. The van der Waals surface area contributed by atoms with E-state index >= 15 is 0 Å². The minimum Gasteiger partial charge on any atom is -0.463 e. The SMILES string of the molecule is CS(=O)(=O)Nc1cc2occ(S(C)(=O)=O)c(=O)c2cc1Oc1ccccc1. The molecule has 3 aromatic rings. The number of anilines is 1. The summed E-state index contributed by atoms with van der Waals surface area (Å²) in [5.74, 6) is 0.425. The summed E-state index contributed by atoms with van der Waals surface area (Å²) in [6, 6.07) is 11.0. The lowest BCUT2D eigenvalue weighted by molar-refractivity contribution is 0.484. The molecular weight excluding hydrogens is 394 g/mol. The van der Waals surface area contributed by atoms with Gasteiger partial charge in [0.2, 0.25) is 15.5 Å². The minimum absolute atomic E-state index is 0.0129. The fourth-order valence-electron chi connectivity index (χ4n) is 2.37. The highest BCUT2D eigenvalue weighted by atomic mass is 32.2. The number of ether oxygens (including phenoxy) is 1. The second-order valence-electron chi connectivity index (χ2n) is 5.84. The molecule has 0 radical (unpaired) electrons. The second kappa shape index (κ2) is 6.71. The van der Waals surface area contributed by atoms with E-state index in [1.54, 1.807) is 30.3 Å². The van der Waals surface area contributed by atoms with Crippen LogP contribution >= 0.6 is 0 Å². The molecule has 0 saturated carbocycles. The molecule has 1 N–H and O–H groups in total. The molecule has 0 aliphatic heterocycles. The first-order valence-corrected chi connectivity index (χ1v) is 11.3. The Labute approximate surface area is 155 Å². The third-order valence-electron chi connectivity index (χ3n) is 3.51. The van der Waals surface area contributed by atoms with Crippen molar-refractivity contribution in [3.8, 4) is 11.5 Å². The second-order valence-corrected chi connectivity index (χ2v) is 9.57. The van der Waals surface area contributed by atoms with Gasteiger partial charge in [-0.2, -0.15) is 0 Å². The van der Waals surface area contributed by atoms with Gasteiger partial charge in [-0.3, -0.25) is 9.52 Å². The molecule has 0 aliphatic carbocycles. The molecule has 0 bridgehead atoms. The van der Waals surface area contributed by atoms with Gasteiger partial charge in [0.15, 0.2) is 15.6 Å². The third kappa shape index (κ3) is 4.29. The number of sulfone groups is 1. The molecule has 0 unspecified atom stereocenters. The highest BCUT2D eigenvalue weighted by Gasteiger charge is 2.19. The molecule has 3 rings (SSSR count). The first kappa shape index (κ1) is 18.9. The highest BCUT2D eigenvalue weighted by Crippen LogP contribution is 2.34. The molecular formula is C17H15NO7S2. The summed E-state index contributed by atoms with van der Waals surface area (Å²) in [5.41, 5.74) is -0.703. The van der Waals surface area contributed by atoms with E-state index in [9.17, 15) is 21.6 Å². The Morgan fingerprint density at radius 2 is 1.67 bits per heavy atom. The van der Waals surface area contributed by atoms with Crippen LogP contribution in [0.15, 0.2) is 62.8 Å². The number of hydrogen-bond acceptors (Lipinski definition) is 7. The summed E-state index contributed by atoms with van der Waals surface area (Å²) in [4.78, 5) is 12.0. The van der Waals surface area contributed by atoms with E-state index in [-0.39, 0.29) is 22.4 Å². The van der Waals surface area contributed by atoms with Gasteiger partial charge in [0.25, 0.3) is 0 Å². The van der Waals surface area contributed by atoms with Crippen LogP contribution < -0.4 is 14.9 Å². The molecule has 1 heterocycles. The van der Waals surface area contributed by atoms with Gasteiger partial charge in [0, 0.05) is 12.3 Å². The van der Waals surface area contributed by atoms with Crippen LogP contribution in [-0.2, 0) is 19.9 Å². The van der Waals surface area contributed by atoms with Gasteiger partial charge < -0.3 is 9.15 Å². The largest absolute Gasteiger partial charge is 0.463 e. The third-order valence-corrected chi connectivity index (χ3v) is 5.18. The van der Waals surface area contributed by atoms with Gasteiger partial charge in [0.05, 0.1) is 17.3 Å². The number of benzene rings is 2. The zero-order valence-electron chi connectivity index (χ0n) is 14.3. The predicted octanol–water partition coefficient (Wildman–Crippen LogP) is 2.36. The van der Waals surface area contributed by atoms with E-state index in [4.69, 9.17) is 9.15 Å². The Morgan fingerprint density at radius 1 is 1.00 bits per heavy atom. The first-order chi connectivity index (χ1) is 12.5. The van der Waals surface area contributed by atoms with E-state index in [0.717, 1.165) is 18.8 Å². The molecule has 0 aliphatic rings. The van der Waals surface area contributed by atoms with E-state index < -0.39 is 30.2 Å². The van der Waals surface area contributed by atoms with Crippen molar-refractivity contribution in [1.29, 1.82) is 0 Å². The van der Waals surface area contributed by atoms with Crippen molar-refractivity contribution in [2.45, 2.75) is 4.90 Å². The summed E-state index contributed by atoms with van der Waals surface area (Å²) < 4.78 is 60.0. The molecule has 27 heavy (non-hydrogen) atoms. The molecule has 1 aromatic heterocycles. The van der Waals surface area contributed by atoms with Gasteiger partial charge in [-0.15, -0.1) is 0 Å². The van der Waals surface area contributed by atoms with Crippen LogP contribution in [-0.4, -0.2) is 29.3 Å². The monoisotopic (exact) mass is 409 g/mol. The molecule has 0 fully saturated rings. The molecule has 0 atom stereocenters. The van der Waals surface area contributed by atoms with Crippen molar-refractivity contribution in [1.82, 2.24) is 0 Å². The maximum absolute atomic E-state index is 12.5. The quantitative estimate of drug-likeness (QED) is 0.687. The fraction of sp³-hybridized carbons (Fsp3) is 0.118. The normalized spacial score (nSPS) is 12.1. The van der Waals surface area contributed by atoms with Crippen molar-refractivity contribution in [2.75, 3.05) is 17.2 Å². The number of para-hydroxylation sites is 1. The van der Waals surface area contributed by atoms with Crippen LogP contribution in [0.4, 0.5) is 5.69 Å². The van der Waals surface area contributed by atoms with Crippen molar-refractivity contribution < 1.29 is 26.0 Å². The van der Waals surface area contributed by atoms with Gasteiger partial charge in [0.1, 0.15) is 22.5 Å².